The van der Waals surface area contributed by atoms with E-state index in [-0.39, 0.29) is 6.04 Å². The predicted molar refractivity (Wildman–Crippen MR) is 66.0 cm³/mol. The van der Waals surface area contributed by atoms with Gasteiger partial charge in [0.2, 0.25) is 0 Å². The summed E-state index contributed by atoms with van der Waals surface area (Å²) in [6.07, 6.45) is 2.10. The number of hydrogen-bond donors (Lipinski definition) is 1. The Morgan fingerprint density at radius 3 is 2.40 bits per heavy atom. The Hall–Kier alpha value is -0.120. The lowest BCUT2D eigenvalue weighted by molar-refractivity contribution is 0.181. The van der Waals surface area contributed by atoms with E-state index in [4.69, 9.17) is 10.5 Å². The van der Waals surface area contributed by atoms with Crippen LogP contribution >= 0.6 is 0 Å². The van der Waals surface area contributed by atoms with Crippen LogP contribution in [0.3, 0.4) is 0 Å². The van der Waals surface area contributed by atoms with Gasteiger partial charge in [0, 0.05) is 32.8 Å². The van der Waals surface area contributed by atoms with Gasteiger partial charge in [-0.15, -0.1) is 0 Å². The highest BCUT2D eigenvalue weighted by Crippen LogP contribution is 2.14. The Labute approximate surface area is 95.0 Å². The van der Waals surface area contributed by atoms with E-state index in [1.54, 1.807) is 7.11 Å². The van der Waals surface area contributed by atoms with Crippen molar-refractivity contribution in [2.75, 3.05) is 33.9 Å². The summed E-state index contributed by atoms with van der Waals surface area (Å²) in [5, 5.41) is 0. The van der Waals surface area contributed by atoms with Crippen molar-refractivity contribution in [3.05, 3.63) is 0 Å². The monoisotopic (exact) mass is 216 g/mol. The first kappa shape index (κ1) is 14.9. The van der Waals surface area contributed by atoms with E-state index in [0.717, 1.165) is 32.5 Å². The maximum Gasteiger partial charge on any atom is 0.0462 e. The fourth-order valence-corrected chi connectivity index (χ4v) is 1.86. The van der Waals surface area contributed by atoms with Crippen LogP contribution in [-0.4, -0.2) is 44.8 Å². The minimum absolute atomic E-state index is 0.271. The second-order valence-electron chi connectivity index (χ2n) is 5.65. The summed E-state index contributed by atoms with van der Waals surface area (Å²) in [4.78, 5) is 2.32. The maximum atomic E-state index is 6.04. The van der Waals surface area contributed by atoms with Gasteiger partial charge in [-0.05, 0) is 25.3 Å². The lowest BCUT2D eigenvalue weighted by Gasteiger charge is -2.28. The molecule has 0 aliphatic rings. The molecule has 3 heteroatoms. The number of nitrogens with zero attached hydrogens (tertiary/aromatic N) is 1. The number of methoxy groups -OCH3 is 1. The molecule has 92 valence electrons. The van der Waals surface area contributed by atoms with Crippen LogP contribution in [0.15, 0.2) is 0 Å². The van der Waals surface area contributed by atoms with Crippen molar-refractivity contribution in [3.63, 3.8) is 0 Å². The Morgan fingerprint density at radius 1 is 1.33 bits per heavy atom. The molecule has 0 aliphatic heterocycles. The predicted octanol–water partition coefficient (Wildman–Crippen LogP) is 1.72. The third-order valence-corrected chi connectivity index (χ3v) is 2.21. The Balaban J connectivity index is 3.62. The van der Waals surface area contributed by atoms with Crippen molar-refractivity contribution in [2.24, 2.45) is 11.1 Å². The highest BCUT2D eigenvalue weighted by atomic mass is 16.5. The van der Waals surface area contributed by atoms with Gasteiger partial charge in [-0.1, -0.05) is 20.8 Å². The summed E-state index contributed by atoms with van der Waals surface area (Å²) in [7, 11) is 3.87. The number of likely N-dealkylation sites (N-methyl/N-ethyl adjacent to an activating group) is 1. The zero-order chi connectivity index (χ0) is 11.9. The number of ether oxygens (including phenoxy) is 1. The average molecular weight is 216 g/mol. The lowest BCUT2D eigenvalue weighted by atomic mass is 9.96. The quantitative estimate of drug-likeness (QED) is 0.659. The Kier molecular flexibility index (Phi) is 7.14. The first-order chi connectivity index (χ1) is 6.85. The molecule has 0 saturated heterocycles. The summed E-state index contributed by atoms with van der Waals surface area (Å²) < 4.78 is 5.01. The highest BCUT2D eigenvalue weighted by Gasteiger charge is 2.15. The molecule has 1 unspecified atom stereocenters. The molecular weight excluding hydrogens is 188 g/mol. The molecule has 0 aromatic carbocycles. The average Bonchev–Trinajstić information content (AvgIpc) is 2.00. The summed E-state index contributed by atoms with van der Waals surface area (Å²) in [5.74, 6) is 0. The van der Waals surface area contributed by atoms with E-state index in [2.05, 4.69) is 32.7 Å². The third kappa shape index (κ3) is 10.2. The van der Waals surface area contributed by atoms with Crippen molar-refractivity contribution in [2.45, 2.75) is 39.7 Å². The first-order valence-corrected chi connectivity index (χ1v) is 5.78. The van der Waals surface area contributed by atoms with Gasteiger partial charge >= 0.3 is 0 Å². The molecule has 0 aromatic heterocycles. The van der Waals surface area contributed by atoms with Crippen molar-refractivity contribution in [1.29, 1.82) is 0 Å². The van der Waals surface area contributed by atoms with Crippen LogP contribution in [0.5, 0.6) is 0 Å². The molecule has 0 aromatic rings. The fraction of sp³-hybridized carbons (Fsp3) is 1.00. The second-order valence-corrected chi connectivity index (χ2v) is 5.65. The van der Waals surface area contributed by atoms with Crippen molar-refractivity contribution in [1.82, 2.24) is 4.90 Å². The summed E-state index contributed by atoms with van der Waals surface area (Å²) in [5.41, 5.74) is 6.39. The summed E-state index contributed by atoms with van der Waals surface area (Å²) >= 11 is 0. The van der Waals surface area contributed by atoms with E-state index < -0.39 is 0 Å². The number of rotatable bonds is 7. The van der Waals surface area contributed by atoms with Crippen LogP contribution in [0.25, 0.3) is 0 Å². The van der Waals surface area contributed by atoms with Crippen molar-refractivity contribution >= 4 is 0 Å². The normalized spacial score (nSPS) is 14.6. The summed E-state index contributed by atoms with van der Waals surface area (Å²) in [6, 6.07) is 0.271. The van der Waals surface area contributed by atoms with Gasteiger partial charge in [0.1, 0.15) is 0 Å². The van der Waals surface area contributed by atoms with Crippen molar-refractivity contribution in [3.8, 4) is 0 Å². The van der Waals surface area contributed by atoms with E-state index in [0.29, 0.717) is 5.41 Å². The topological polar surface area (TPSA) is 38.5 Å². The number of nitrogens with two attached hydrogens (primary N) is 1. The zero-order valence-electron chi connectivity index (χ0n) is 11.0. The van der Waals surface area contributed by atoms with Crippen LogP contribution < -0.4 is 5.73 Å². The molecule has 0 heterocycles. The smallest absolute Gasteiger partial charge is 0.0462 e. The molecular formula is C12H28N2O. The summed E-state index contributed by atoms with van der Waals surface area (Å²) in [6.45, 7) is 9.63. The van der Waals surface area contributed by atoms with E-state index in [1.165, 1.54) is 0 Å². The molecule has 0 bridgehead atoms. The molecule has 0 saturated carbocycles. The van der Waals surface area contributed by atoms with Gasteiger partial charge in [0.15, 0.2) is 0 Å². The van der Waals surface area contributed by atoms with Gasteiger partial charge in [-0.3, -0.25) is 0 Å². The lowest BCUT2D eigenvalue weighted by Crippen LogP contribution is -2.39. The van der Waals surface area contributed by atoms with Gasteiger partial charge < -0.3 is 15.4 Å². The van der Waals surface area contributed by atoms with Crippen molar-refractivity contribution < 1.29 is 4.74 Å². The molecule has 15 heavy (non-hydrogen) atoms. The molecule has 0 amide bonds. The molecule has 2 N–H and O–H groups in total. The van der Waals surface area contributed by atoms with Crippen LogP contribution in [0.1, 0.15) is 33.6 Å². The van der Waals surface area contributed by atoms with Crippen LogP contribution in [-0.2, 0) is 4.74 Å². The second kappa shape index (κ2) is 7.20. The van der Waals surface area contributed by atoms with Gasteiger partial charge in [0.25, 0.3) is 0 Å². The molecule has 3 nitrogen and oxygen atoms in total. The molecule has 0 fully saturated rings. The molecule has 0 radical (unpaired) electrons. The maximum absolute atomic E-state index is 6.04. The van der Waals surface area contributed by atoms with Crippen LogP contribution in [0.4, 0.5) is 0 Å². The van der Waals surface area contributed by atoms with Gasteiger partial charge in [-0.2, -0.15) is 0 Å². The van der Waals surface area contributed by atoms with Crippen LogP contribution in [0.2, 0.25) is 0 Å². The Morgan fingerprint density at radius 2 is 1.93 bits per heavy atom. The van der Waals surface area contributed by atoms with Gasteiger partial charge in [-0.25, -0.2) is 0 Å². The van der Waals surface area contributed by atoms with E-state index >= 15 is 0 Å². The Bertz CT molecular complexity index is 154. The van der Waals surface area contributed by atoms with Crippen LogP contribution in [0, 0.1) is 5.41 Å². The minimum Gasteiger partial charge on any atom is -0.385 e. The molecule has 0 rings (SSSR count). The third-order valence-electron chi connectivity index (χ3n) is 2.21. The van der Waals surface area contributed by atoms with E-state index in [1.807, 2.05) is 0 Å². The fourth-order valence-electron chi connectivity index (χ4n) is 1.86. The standard InChI is InChI=1S/C12H28N2O/c1-12(2,3)10-14(4)9-11(13)7-6-8-15-5/h11H,6-10,13H2,1-5H3. The minimum atomic E-state index is 0.271. The van der Waals surface area contributed by atoms with Gasteiger partial charge in [0.05, 0.1) is 0 Å². The largest absolute Gasteiger partial charge is 0.385 e. The highest BCUT2D eigenvalue weighted by molar-refractivity contribution is 4.71. The van der Waals surface area contributed by atoms with E-state index in [9.17, 15) is 0 Å². The first-order valence-electron chi connectivity index (χ1n) is 5.78. The zero-order valence-corrected chi connectivity index (χ0v) is 11.0. The molecule has 0 aliphatic carbocycles. The molecule has 0 spiro atoms. The number of hydrogen-bond acceptors (Lipinski definition) is 3. The molecule has 1 atom stereocenters. The SMILES string of the molecule is COCCCC(N)CN(C)CC(C)(C)C.